The lowest BCUT2D eigenvalue weighted by Gasteiger charge is -2.36. The Morgan fingerprint density at radius 2 is 1.73 bits per heavy atom. The van der Waals surface area contributed by atoms with Gasteiger partial charge in [-0.1, -0.05) is 54.6 Å². The number of aliphatic hydroxyl groups excluding tert-OH is 1. The Hall–Kier alpha value is -3.18. The van der Waals surface area contributed by atoms with Gasteiger partial charge in [-0.3, -0.25) is 0 Å². The first-order chi connectivity index (χ1) is 12.8. The number of nitrogens with zero attached hydrogens (tertiary/aromatic N) is 3. The van der Waals surface area contributed by atoms with Crippen molar-refractivity contribution in [1.82, 2.24) is 9.88 Å². The van der Waals surface area contributed by atoms with Crippen molar-refractivity contribution >= 4 is 17.5 Å². The van der Waals surface area contributed by atoms with Crippen molar-refractivity contribution in [1.29, 1.82) is 0 Å². The standard InChI is InChI=1S/C21H19N3O2/c25-15-18-9-4-5-11-19(18)24-20-17(10-6-12-22-20)14-23(21(24)26)13-16-7-2-1-3-8-16/h1-12,25H,13-15H2. The van der Waals surface area contributed by atoms with Crippen LogP contribution in [0.3, 0.4) is 0 Å². The Morgan fingerprint density at radius 1 is 0.962 bits per heavy atom. The molecule has 0 radical (unpaired) electrons. The SMILES string of the molecule is O=C1N(Cc2ccccc2)Cc2cccnc2N1c1ccccc1CO. The largest absolute Gasteiger partial charge is 0.392 e. The van der Waals surface area contributed by atoms with Gasteiger partial charge in [-0.2, -0.15) is 0 Å². The van der Waals surface area contributed by atoms with Gasteiger partial charge in [0.25, 0.3) is 0 Å². The Morgan fingerprint density at radius 3 is 2.54 bits per heavy atom. The lowest BCUT2D eigenvalue weighted by Crippen LogP contribution is -2.45. The van der Waals surface area contributed by atoms with Crippen LogP contribution in [0.2, 0.25) is 0 Å². The van der Waals surface area contributed by atoms with E-state index >= 15 is 0 Å². The van der Waals surface area contributed by atoms with Crippen molar-refractivity contribution in [2.45, 2.75) is 19.7 Å². The van der Waals surface area contributed by atoms with Gasteiger partial charge in [0, 0.05) is 23.9 Å². The first-order valence-corrected chi connectivity index (χ1v) is 8.53. The molecule has 2 heterocycles. The minimum Gasteiger partial charge on any atom is -0.392 e. The highest BCUT2D eigenvalue weighted by molar-refractivity contribution is 6.01. The second kappa shape index (κ2) is 6.98. The van der Waals surface area contributed by atoms with Gasteiger partial charge in [0.15, 0.2) is 0 Å². The molecule has 0 unspecified atom stereocenters. The quantitative estimate of drug-likeness (QED) is 0.781. The lowest BCUT2D eigenvalue weighted by molar-refractivity contribution is 0.198. The number of carbonyl (C=O) groups excluding carboxylic acids is 1. The highest BCUT2D eigenvalue weighted by Gasteiger charge is 2.33. The fourth-order valence-electron chi connectivity index (χ4n) is 3.27. The second-order valence-corrected chi connectivity index (χ2v) is 6.23. The fraction of sp³-hybridized carbons (Fsp3) is 0.143. The first kappa shape index (κ1) is 16.3. The summed E-state index contributed by atoms with van der Waals surface area (Å²) in [7, 11) is 0. The zero-order chi connectivity index (χ0) is 17.9. The van der Waals surface area contributed by atoms with E-state index in [1.807, 2.05) is 66.7 Å². The maximum absolute atomic E-state index is 13.3. The van der Waals surface area contributed by atoms with E-state index in [1.54, 1.807) is 16.0 Å². The van der Waals surface area contributed by atoms with Crippen LogP contribution in [0.15, 0.2) is 72.9 Å². The van der Waals surface area contributed by atoms with Gasteiger partial charge >= 0.3 is 6.03 Å². The van der Waals surface area contributed by atoms with Crippen LogP contribution in [0.25, 0.3) is 0 Å². The lowest BCUT2D eigenvalue weighted by atomic mass is 10.1. The molecule has 0 saturated heterocycles. The number of hydrogen-bond acceptors (Lipinski definition) is 3. The van der Waals surface area contributed by atoms with Crippen molar-refractivity contribution in [3.63, 3.8) is 0 Å². The van der Waals surface area contributed by atoms with E-state index in [0.29, 0.717) is 30.2 Å². The number of amides is 2. The molecule has 0 saturated carbocycles. The number of urea groups is 1. The molecule has 2 amide bonds. The number of anilines is 2. The molecular weight excluding hydrogens is 326 g/mol. The summed E-state index contributed by atoms with van der Waals surface area (Å²) in [4.78, 5) is 21.1. The number of para-hydroxylation sites is 1. The predicted octanol–water partition coefficient (Wildman–Crippen LogP) is 3.85. The van der Waals surface area contributed by atoms with Crippen molar-refractivity contribution in [3.05, 3.63) is 89.6 Å². The van der Waals surface area contributed by atoms with Crippen molar-refractivity contribution in [3.8, 4) is 0 Å². The van der Waals surface area contributed by atoms with Gasteiger partial charge in [0.1, 0.15) is 5.82 Å². The van der Waals surface area contributed by atoms with Gasteiger partial charge in [-0.25, -0.2) is 14.7 Å². The summed E-state index contributed by atoms with van der Waals surface area (Å²) in [5.74, 6) is 0.628. The second-order valence-electron chi connectivity index (χ2n) is 6.23. The molecule has 0 fully saturated rings. The van der Waals surface area contributed by atoms with Gasteiger partial charge in [-0.05, 0) is 17.7 Å². The number of fused-ring (bicyclic) bond motifs is 1. The zero-order valence-corrected chi connectivity index (χ0v) is 14.2. The number of hydrogen-bond donors (Lipinski definition) is 1. The van der Waals surface area contributed by atoms with E-state index in [2.05, 4.69) is 4.98 Å². The average Bonchev–Trinajstić information content (AvgIpc) is 2.69. The number of carbonyl (C=O) groups is 1. The van der Waals surface area contributed by atoms with Crippen molar-refractivity contribution in [2.75, 3.05) is 4.90 Å². The molecule has 5 heteroatoms. The molecule has 130 valence electrons. The van der Waals surface area contributed by atoms with E-state index in [-0.39, 0.29) is 12.6 Å². The van der Waals surface area contributed by atoms with Crippen LogP contribution in [0.1, 0.15) is 16.7 Å². The minimum absolute atomic E-state index is 0.138. The highest BCUT2D eigenvalue weighted by atomic mass is 16.3. The molecule has 0 bridgehead atoms. The maximum Gasteiger partial charge on any atom is 0.330 e. The van der Waals surface area contributed by atoms with Crippen molar-refractivity contribution in [2.24, 2.45) is 0 Å². The summed E-state index contributed by atoms with van der Waals surface area (Å²) in [5.41, 5.74) is 3.41. The van der Waals surface area contributed by atoms with Crippen LogP contribution < -0.4 is 4.90 Å². The van der Waals surface area contributed by atoms with E-state index in [1.165, 1.54) is 0 Å². The van der Waals surface area contributed by atoms with Crippen LogP contribution in [0, 0.1) is 0 Å². The molecule has 2 aromatic carbocycles. The van der Waals surface area contributed by atoms with Crippen LogP contribution in [0.4, 0.5) is 16.3 Å². The van der Waals surface area contributed by atoms with Crippen LogP contribution in [0.5, 0.6) is 0 Å². The third-order valence-corrected chi connectivity index (χ3v) is 4.52. The van der Waals surface area contributed by atoms with Crippen LogP contribution in [-0.4, -0.2) is 21.0 Å². The first-order valence-electron chi connectivity index (χ1n) is 8.53. The molecule has 3 aromatic rings. The molecule has 5 nitrogen and oxygen atoms in total. The number of benzene rings is 2. The Balaban J connectivity index is 1.77. The zero-order valence-electron chi connectivity index (χ0n) is 14.2. The number of pyridine rings is 1. The Bertz CT molecular complexity index is 927. The summed E-state index contributed by atoms with van der Waals surface area (Å²) in [6.07, 6.45) is 1.69. The van der Waals surface area contributed by atoms with Crippen LogP contribution in [-0.2, 0) is 19.7 Å². The maximum atomic E-state index is 13.3. The smallest absolute Gasteiger partial charge is 0.330 e. The van der Waals surface area contributed by atoms with Gasteiger partial charge in [-0.15, -0.1) is 0 Å². The number of aliphatic hydroxyl groups is 1. The van der Waals surface area contributed by atoms with E-state index in [0.717, 1.165) is 11.1 Å². The number of rotatable bonds is 4. The van der Waals surface area contributed by atoms with Gasteiger partial charge in [0.2, 0.25) is 0 Å². The Kier molecular flexibility index (Phi) is 4.37. The fourth-order valence-corrected chi connectivity index (χ4v) is 3.27. The monoisotopic (exact) mass is 345 g/mol. The topological polar surface area (TPSA) is 56.7 Å². The average molecular weight is 345 g/mol. The summed E-state index contributed by atoms with van der Waals surface area (Å²) >= 11 is 0. The van der Waals surface area contributed by atoms with E-state index in [9.17, 15) is 9.90 Å². The molecule has 26 heavy (non-hydrogen) atoms. The molecule has 0 aliphatic carbocycles. The molecule has 0 atom stereocenters. The van der Waals surface area contributed by atoms with Crippen LogP contribution >= 0.6 is 0 Å². The molecule has 1 aliphatic rings. The third-order valence-electron chi connectivity index (χ3n) is 4.52. The normalized spacial score (nSPS) is 13.7. The molecule has 4 rings (SSSR count). The summed E-state index contributed by atoms with van der Waals surface area (Å²) in [5, 5.41) is 9.71. The molecule has 1 aromatic heterocycles. The van der Waals surface area contributed by atoms with E-state index in [4.69, 9.17) is 0 Å². The van der Waals surface area contributed by atoms with Gasteiger partial charge in [0.05, 0.1) is 18.8 Å². The molecule has 0 spiro atoms. The predicted molar refractivity (Wildman–Crippen MR) is 99.8 cm³/mol. The Labute approximate surface area is 152 Å². The summed E-state index contributed by atoms with van der Waals surface area (Å²) in [6.45, 7) is 0.890. The highest BCUT2D eigenvalue weighted by Crippen LogP contribution is 2.35. The molecule has 1 aliphatic heterocycles. The number of aromatic nitrogens is 1. The molecular formula is C21H19N3O2. The van der Waals surface area contributed by atoms with Crippen molar-refractivity contribution < 1.29 is 9.90 Å². The minimum atomic E-state index is -0.138. The summed E-state index contributed by atoms with van der Waals surface area (Å²) in [6, 6.07) is 21.0. The van der Waals surface area contributed by atoms with Gasteiger partial charge < -0.3 is 10.0 Å². The third kappa shape index (κ3) is 2.93. The van der Waals surface area contributed by atoms with E-state index < -0.39 is 0 Å². The molecule has 1 N–H and O–H groups in total. The summed E-state index contributed by atoms with van der Waals surface area (Å²) < 4.78 is 0.